The number of furan rings is 1. The zero-order chi connectivity index (χ0) is 19.7. The fourth-order valence-corrected chi connectivity index (χ4v) is 4.63. The minimum Gasteiger partial charge on any atom is -0.451 e. The van der Waals surface area contributed by atoms with Crippen LogP contribution < -0.4 is 11.1 Å². The number of halogens is 1. The number of carbonyl (C=O) groups excluding carboxylic acids is 2. The van der Waals surface area contributed by atoms with Gasteiger partial charge in [0.25, 0.3) is 5.91 Å². The van der Waals surface area contributed by atoms with E-state index in [0.29, 0.717) is 17.9 Å². The van der Waals surface area contributed by atoms with Gasteiger partial charge in [-0.05, 0) is 44.7 Å². The molecule has 2 aromatic rings. The molecule has 2 amide bonds. The van der Waals surface area contributed by atoms with Crippen molar-refractivity contribution in [1.29, 1.82) is 0 Å². The van der Waals surface area contributed by atoms with Crippen molar-refractivity contribution in [3.63, 3.8) is 0 Å². The number of para-hydroxylation sites is 1. The molecule has 1 saturated heterocycles. The van der Waals surface area contributed by atoms with Gasteiger partial charge < -0.3 is 20.4 Å². The SMILES string of the molecule is CC1(N)CCCCC1C(=O)N1CCCC(NC(=O)c2cc3ccccc3o2)C1.Cl. The predicted molar refractivity (Wildman–Crippen MR) is 115 cm³/mol. The molecule has 29 heavy (non-hydrogen) atoms. The van der Waals surface area contributed by atoms with Crippen LogP contribution in [0.3, 0.4) is 0 Å². The maximum absolute atomic E-state index is 13.1. The van der Waals surface area contributed by atoms with Gasteiger partial charge in [0.05, 0.1) is 5.92 Å². The first kappa shape index (κ1) is 21.7. The topological polar surface area (TPSA) is 88.6 Å². The van der Waals surface area contributed by atoms with Gasteiger partial charge in [0.2, 0.25) is 5.91 Å². The van der Waals surface area contributed by atoms with Crippen molar-refractivity contribution < 1.29 is 14.0 Å². The summed E-state index contributed by atoms with van der Waals surface area (Å²) in [7, 11) is 0. The molecule has 0 radical (unpaired) electrons. The molecule has 1 aliphatic heterocycles. The molecule has 1 saturated carbocycles. The molecule has 3 unspecified atom stereocenters. The van der Waals surface area contributed by atoms with Gasteiger partial charge in [-0.2, -0.15) is 0 Å². The van der Waals surface area contributed by atoms with Crippen LogP contribution in [-0.2, 0) is 4.79 Å². The Morgan fingerprint density at radius 2 is 2.00 bits per heavy atom. The first-order valence-corrected chi connectivity index (χ1v) is 10.3. The van der Waals surface area contributed by atoms with Crippen LogP contribution in [0.15, 0.2) is 34.7 Å². The van der Waals surface area contributed by atoms with E-state index >= 15 is 0 Å². The van der Waals surface area contributed by atoms with Gasteiger partial charge in [-0.1, -0.05) is 31.0 Å². The summed E-state index contributed by atoms with van der Waals surface area (Å²) in [6.45, 7) is 3.28. The Morgan fingerprint density at radius 3 is 2.76 bits per heavy atom. The molecule has 0 spiro atoms. The summed E-state index contributed by atoms with van der Waals surface area (Å²) in [6.07, 6.45) is 5.64. The standard InChI is InChI=1S/C22H29N3O3.ClH/c1-22(23)11-5-4-9-17(22)21(27)25-12-6-8-16(14-25)24-20(26)19-13-15-7-2-3-10-18(15)28-19;/h2-3,7,10,13,16-17H,4-6,8-9,11-12,14,23H2,1H3,(H,24,26);1H. The molecule has 4 rings (SSSR count). The minimum atomic E-state index is -0.431. The molecule has 158 valence electrons. The Kier molecular flexibility index (Phi) is 6.54. The second-order valence-corrected chi connectivity index (χ2v) is 8.55. The lowest BCUT2D eigenvalue weighted by Crippen LogP contribution is -2.57. The van der Waals surface area contributed by atoms with Crippen LogP contribution >= 0.6 is 12.4 Å². The molecule has 7 heteroatoms. The summed E-state index contributed by atoms with van der Waals surface area (Å²) in [6, 6.07) is 9.27. The highest BCUT2D eigenvalue weighted by Crippen LogP contribution is 2.33. The Morgan fingerprint density at radius 1 is 1.21 bits per heavy atom. The highest BCUT2D eigenvalue weighted by molar-refractivity contribution is 5.96. The third kappa shape index (κ3) is 4.59. The van der Waals surface area contributed by atoms with Gasteiger partial charge in [0.15, 0.2) is 5.76 Å². The number of benzene rings is 1. The normalized spacial score (nSPS) is 27.3. The van der Waals surface area contributed by atoms with Crippen LogP contribution in [0.5, 0.6) is 0 Å². The average Bonchev–Trinajstić information content (AvgIpc) is 3.12. The first-order chi connectivity index (χ1) is 13.4. The lowest BCUT2D eigenvalue weighted by atomic mass is 9.74. The predicted octanol–water partition coefficient (Wildman–Crippen LogP) is 3.48. The highest BCUT2D eigenvalue weighted by Gasteiger charge is 2.40. The Labute approximate surface area is 177 Å². The number of rotatable bonds is 3. The van der Waals surface area contributed by atoms with E-state index in [9.17, 15) is 9.59 Å². The second kappa shape index (κ2) is 8.76. The fourth-order valence-electron chi connectivity index (χ4n) is 4.63. The number of nitrogens with one attached hydrogen (secondary N) is 1. The average molecular weight is 420 g/mol. The summed E-state index contributed by atoms with van der Waals surface area (Å²) in [5, 5.41) is 3.96. The summed E-state index contributed by atoms with van der Waals surface area (Å²) in [4.78, 5) is 27.6. The molecule has 1 aromatic heterocycles. The van der Waals surface area contributed by atoms with Crippen molar-refractivity contribution in [2.45, 2.75) is 57.0 Å². The van der Waals surface area contributed by atoms with Crippen LogP contribution in [-0.4, -0.2) is 41.4 Å². The molecule has 1 aromatic carbocycles. The van der Waals surface area contributed by atoms with E-state index in [1.54, 1.807) is 6.07 Å². The molecule has 0 bridgehead atoms. The zero-order valence-electron chi connectivity index (χ0n) is 16.9. The van der Waals surface area contributed by atoms with Gasteiger partial charge in [0, 0.05) is 30.1 Å². The number of amides is 2. The highest BCUT2D eigenvalue weighted by atomic mass is 35.5. The molecule has 6 nitrogen and oxygen atoms in total. The summed E-state index contributed by atoms with van der Waals surface area (Å²) in [5.41, 5.74) is 6.70. The zero-order valence-corrected chi connectivity index (χ0v) is 17.7. The van der Waals surface area contributed by atoms with E-state index in [0.717, 1.165) is 50.5 Å². The number of nitrogens with zero attached hydrogens (tertiary/aromatic N) is 1. The lowest BCUT2D eigenvalue weighted by molar-refractivity contribution is -0.140. The first-order valence-electron chi connectivity index (χ1n) is 10.3. The van der Waals surface area contributed by atoms with Crippen LogP contribution in [0.25, 0.3) is 11.0 Å². The third-order valence-corrected chi connectivity index (χ3v) is 6.27. The van der Waals surface area contributed by atoms with Crippen molar-refractivity contribution >= 4 is 35.2 Å². The summed E-state index contributed by atoms with van der Waals surface area (Å²) in [5.74, 6) is 0.113. The van der Waals surface area contributed by atoms with Crippen LogP contribution in [0.2, 0.25) is 0 Å². The molecular formula is C22H30ClN3O3. The van der Waals surface area contributed by atoms with Crippen molar-refractivity contribution in [3.05, 3.63) is 36.1 Å². The van der Waals surface area contributed by atoms with Crippen LogP contribution in [0, 0.1) is 5.92 Å². The van der Waals surface area contributed by atoms with Crippen LogP contribution in [0.4, 0.5) is 0 Å². The maximum atomic E-state index is 13.1. The van der Waals surface area contributed by atoms with Crippen molar-refractivity contribution in [2.24, 2.45) is 11.7 Å². The monoisotopic (exact) mass is 419 g/mol. The second-order valence-electron chi connectivity index (χ2n) is 8.55. The molecule has 2 aliphatic rings. The Bertz CT molecular complexity index is 846. The van der Waals surface area contributed by atoms with Gasteiger partial charge in [-0.3, -0.25) is 9.59 Å². The number of hydrogen-bond donors (Lipinski definition) is 2. The van der Waals surface area contributed by atoms with E-state index in [1.807, 2.05) is 36.1 Å². The quantitative estimate of drug-likeness (QED) is 0.797. The van der Waals surface area contributed by atoms with Crippen molar-refractivity contribution in [1.82, 2.24) is 10.2 Å². The number of likely N-dealkylation sites (tertiary alicyclic amines) is 1. The Hall–Kier alpha value is -2.05. The number of nitrogens with two attached hydrogens (primary N) is 1. The molecule has 2 fully saturated rings. The maximum Gasteiger partial charge on any atom is 0.287 e. The van der Waals surface area contributed by atoms with E-state index in [1.165, 1.54) is 0 Å². The van der Waals surface area contributed by atoms with E-state index < -0.39 is 5.54 Å². The van der Waals surface area contributed by atoms with Gasteiger partial charge in [-0.15, -0.1) is 12.4 Å². The van der Waals surface area contributed by atoms with Crippen molar-refractivity contribution in [2.75, 3.05) is 13.1 Å². The summed E-state index contributed by atoms with van der Waals surface area (Å²) >= 11 is 0. The molecule has 3 atom stereocenters. The minimum absolute atomic E-state index is 0. The number of hydrogen-bond acceptors (Lipinski definition) is 4. The largest absolute Gasteiger partial charge is 0.451 e. The summed E-state index contributed by atoms with van der Waals surface area (Å²) < 4.78 is 5.66. The van der Waals surface area contributed by atoms with Gasteiger partial charge >= 0.3 is 0 Å². The Balaban J connectivity index is 0.00000240. The lowest BCUT2D eigenvalue weighted by Gasteiger charge is -2.42. The smallest absolute Gasteiger partial charge is 0.287 e. The fraction of sp³-hybridized carbons (Fsp3) is 0.545. The van der Waals surface area contributed by atoms with E-state index in [4.69, 9.17) is 10.2 Å². The van der Waals surface area contributed by atoms with Gasteiger partial charge in [0.1, 0.15) is 5.58 Å². The number of carbonyl (C=O) groups is 2. The molecule has 3 N–H and O–H groups in total. The molecule has 1 aliphatic carbocycles. The van der Waals surface area contributed by atoms with Crippen LogP contribution in [0.1, 0.15) is 56.0 Å². The third-order valence-electron chi connectivity index (χ3n) is 6.27. The molecule has 2 heterocycles. The van der Waals surface area contributed by atoms with Gasteiger partial charge in [-0.25, -0.2) is 0 Å². The van der Waals surface area contributed by atoms with Crippen molar-refractivity contribution in [3.8, 4) is 0 Å². The molecular weight excluding hydrogens is 390 g/mol. The van der Waals surface area contributed by atoms with E-state index in [-0.39, 0.29) is 36.2 Å². The number of piperidine rings is 1. The number of fused-ring (bicyclic) bond motifs is 1. The van der Waals surface area contributed by atoms with E-state index in [2.05, 4.69) is 5.32 Å².